The van der Waals surface area contributed by atoms with Crippen LogP contribution in [0.15, 0.2) is 18.3 Å². The van der Waals surface area contributed by atoms with Crippen molar-refractivity contribution in [2.45, 2.75) is 32.4 Å². The summed E-state index contributed by atoms with van der Waals surface area (Å²) in [7, 11) is 0. The number of carbonyl (C=O) groups is 1. The normalized spacial score (nSPS) is 17.4. The van der Waals surface area contributed by atoms with Crippen molar-refractivity contribution in [2.24, 2.45) is 5.73 Å². The Hall–Kier alpha value is -1.46. The molecule has 5 nitrogen and oxygen atoms in total. The fraction of sp³-hybridized carbons (Fsp3) is 0.571. The lowest BCUT2D eigenvalue weighted by Gasteiger charge is -2.29. The molecular formula is C14H22N4O. The number of hydrogen-bond donors (Lipinski definition) is 2. The van der Waals surface area contributed by atoms with E-state index >= 15 is 0 Å². The van der Waals surface area contributed by atoms with Crippen molar-refractivity contribution in [3.63, 3.8) is 0 Å². The van der Waals surface area contributed by atoms with Gasteiger partial charge in [-0.05, 0) is 31.4 Å². The average molecular weight is 262 g/mol. The summed E-state index contributed by atoms with van der Waals surface area (Å²) in [6.45, 7) is 4.78. The largest absolute Gasteiger partial charge is 0.349 e. The van der Waals surface area contributed by atoms with Gasteiger partial charge < -0.3 is 11.1 Å². The molecule has 0 atom stereocenters. The van der Waals surface area contributed by atoms with Crippen LogP contribution in [0.3, 0.4) is 0 Å². The molecule has 5 heteroatoms. The molecule has 2 heterocycles. The zero-order valence-corrected chi connectivity index (χ0v) is 11.4. The second-order valence-electron chi connectivity index (χ2n) is 5.16. The number of nitrogens with two attached hydrogens (primary N) is 1. The molecule has 0 bridgehead atoms. The number of amides is 1. The first-order chi connectivity index (χ1) is 9.15. The molecule has 1 aliphatic rings. The maximum absolute atomic E-state index is 11.9. The number of carbonyl (C=O) groups excluding carboxylic acids is 1. The van der Waals surface area contributed by atoms with E-state index < -0.39 is 0 Å². The Balaban J connectivity index is 1.74. The van der Waals surface area contributed by atoms with Gasteiger partial charge in [-0.1, -0.05) is 6.07 Å². The molecule has 0 saturated carbocycles. The monoisotopic (exact) mass is 262 g/mol. The van der Waals surface area contributed by atoms with E-state index in [0.29, 0.717) is 19.1 Å². The van der Waals surface area contributed by atoms with E-state index in [-0.39, 0.29) is 5.91 Å². The van der Waals surface area contributed by atoms with Crippen LogP contribution in [0, 0.1) is 6.92 Å². The second-order valence-corrected chi connectivity index (χ2v) is 5.16. The van der Waals surface area contributed by atoms with E-state index in [0.717, 1.165) is 37.2 Å². The number of aromatic nitrogens is 1. The zero-order chi connectivity index (χ0) is 13.7. The van der Waals surface area contributed by atoms with Gasteiger partial charge in [0.05, 0.1) is 18.8 Å². The van der Waals surface area contributed by atoms with Crippen molar-refractivity contribution < 1.29 is 4.79 Å². The van der Waals surface area contributed by atoms with E-state index in [4.69, 9.17) is 5.73 Å². The topological polar surface area (TPSA) is 71.2 Å². The predicted molar refractivity (Wildman–Crippen MR) is 74.5 cm³/mol. The lowest BCUT2D eigenvalue weighted by atomic mass is 10.1. The van der Waals surface area contributed by atoms with Gasteiger partial charge >= 0.3 is 0 Å². The highest BCUT2D eigenvalue weighted by Crippen LogP contribution is 2.07. The lowest BCUT2D eigenvalue weighted by Crippen LogP contribution is -2.44. The van der Waals surface area contributed by atoms with Crippen LogP contribution in [0.4, 0.5) is 0 Å². The van der Waals surface area contributed by atoms with E-state index in [1.807, 2.05) is 19.1 Å². The maximum Gasteiger partial charge on any atom is 0.234 e. The molecule has 1 aromatic heterocycles. The van der Waals surface area contributed by atoms with Gasteiger partial charge in [-0.3, -0.25) is 14.7 Å². The van der Waals surface area contributed by atoms with Crippen LogP contribution in [0.5, 0.6) is 0 Å². The molecule has 1 saturated heterocycles. The number of rotatable bonds is 4. The van der Waals surface area contributed by atoms with Gasteiger partial charge in [-0.2, -0.15) is 0 Å². The molecule has 0 aliphatic carbocycles. The Morgan fingerprint density at radius 1 is 1.53 bits per heavy atom. The van der Waals surface area contributed by atoms with Crippen molar-refractivity contribution in [3.05, 3.63) is 29.6 Å². The quantitative estimate of drug-likeness (QED) is 0.825. The van der Waals surface area contributed by atoms with Crippen LogP contribution in [0.2, 0.25) is 0 Å². The molecule has 104 valence electrons. The van der Waals surface area contributed by atoms with Gasteiger partial charge in [-0.15, -0.1) is 0 Å². The van der Waals surface area contributed by atoms with E-state index in [1.54, 1.807) is 6.20 Å². The molecule has 1 fully saturated rings. The average Bonchev–Trinajstić information content (AvgIpc) is 2.40. The third-order valence-electron chi connectivity index (χ3n) is 3.57. The number of likely N-dealkylation sites (tertiary alicyclic amines) is 1. The first-order valence-electron chi connectivity index (χ1n) is 6.80. The summed E-state index contributed by atoms with van der Waals surface area (Å²) in [6.07, 6.45) is 3.71. The minimum Gasteiger partial charge on any atom is -0.349 e. The summed E-state index contributed by atoms with van der Waals surface area (Å²) in [5, 5.41) is 2.92. The lowest BCUT2D eigenvalue weighted by molar-refractivity contribution is -0.122. The SMILES string of the molecule is Cc1cccnc1CNC(=O)CN1CCC(N)CC1. The smallest absolute Gasteiger partial charge is 0.234 e. The number of nitrogens with zero attached hydrogens (tertiary/aromatic N) is 2. The Bertz CT molecular complexity index is 427. The Morgan fingerprint density at radius 2 is 2.26 bits per heavy atom. The summed E-state index contributed by atoms with van der Waals surface area (Å²) in [5.41, 5.74) is 7.87. The number of hydrogen-bond acceptors (Lipinski definition) is 4. The molecule has 19 heavy (non-hydrogen) atoms. The standard InChI is InChI=1S/C14H22N4O/c1-11-3-2-6-16-13(11)9-17-14(19)10-18-7-4-12(15)5-8-18/h2-3,6,12H,4-5,7-10,15H2,1H3,(H,17,19). The van der Waals surface area contributed by atoms with Crippen molar-refractivity contribution in [1.29, 1.82) is 0 Å². The highest BCUT2D eigenvalue weighted by atomic mass is 16.2. The van der Waals surface area contributed by atoms with Gasteiger partial charge in [0.15, 0.2) is 0 Å². The van der Waals surface area contributed by atoms with E-state index in [1.165, 1.54) is 0 Å². The molecule has 0 aromatic carbocycles. The van der Waals surface area contributed by atoms with Crippen molar-refractivity contribution >= 4 is 5.91 Å². The first-order valence-corrected chi connectivity index (χ1v) is 6.80. The molecule has 0 unspecified atom stereocenters. The fourth-order valence-corrected chi connectivity index (χ4v) is 2.26. The van der Waals surface area contributed by atoms with Gasteiger partial charge in [0, 0.05) is 25.3 Å². The summed E-state index contributed by atoms with van der Waals surface area (Å²) in [5.74, 6) is 0.0560. The Morgan fingerprint density at radius 3 is 2.95 bits per heavy atom. The van der Waals surface area contributed by atoms with E-state index in [9.17, 15) is 4.79 Å². The van der Waals surface area contributed by atoms with Gasteiger partial charge in [0.25, 0.3) is 0 Å². The van der Waals surface area contributed by atoms with Crippen LogP contribution < -0.4 is 11.1 Å². The summed E-state index contributed by atoms with van der Waals surface area (Å²) in [6, 6.07) is 4.20. The first kappa shape index (κ1) is 14.0. The third-order valence-corrected chi connectivity index (χ3v) is 3.57. The molecule has 1 aliphatic heterocycles. The summed E-state index contributed by atoms with van der Waals surface area (Å²) >= 11 is 0. The molecule has 1 amide bonds. The van der Waals surface area contributed by atoms with Crippen LogP contribution in [-0.2, 0) is 11.3 Å². The van der Waals surface area contributed by atoms with Crippen molar-refractivity contribution in [3.8, 4) is 0 Å². The second kappa shape index (κ2) is 6.63. The highest BCUT2D eigenvalue weighted by Gasteiger charge is 2.18. The molecule has 3 N–H and O–H groups in total. The van der Waals surface area contributed by atoms with Gasteiger partial charge in [-0.25, -0.2) is 0 Å². The molecular weight excluding hydrogens is 240 g/mol. The number of pyridine rings is 1. The molecule has 0 radical (unpaired) electrons. The minimum atomic E-state index is 0.0560. The maximum atomic E-state index is 11.9. The van der Waals surface area contributed by atoms with Gasteiger partial charge in [0.2, 0.25) is 5.91 Å². The summed E-state index contributed by atoms with van der Waals surface area (Å²) < 4.78 is 0. The van der Waals surface area contributed by atoms with Crippen LogP contribution >= 0.6 is 0 Å². The number of aryl methyl sites for hydroxylation is 1. The highest BCUT2D eigenvalue weighted by molar-refractivity contribution is 5.78. The van der Waals surface area contributed by atoms with E-state index in [2.05, 4.69) is 15.2 Å². The molecule has 0 spiro atoms. The Labute approximate surface area is 114 Å². The number of piperidine rings is 1. The number of nitrogens with one attached hydrogen (secondary N) is 1. The third kappa shape index (κ3) is 4.29. The zero-order valence-electron chi connectivity index (χ0n) is 11.4. The Kier molecular flexibility index (Phi) is 4.87. The van der Waals surface area contributed by atoms with Crippen molar-refractivity contribution in [1.82, 2.24) is 15.2 Å². The molecule has 1 aromatic rings. The fourth-order valence-electron chi connectivity index (χ4n) is 2.26. The van der Waals surface area contributed by atoms with Crippen LogP contribution in [0.25, 0.3) is 0 Å². The van der Waals surface area contributed by atoms with Crippen molar-refractivity contribution in [2.75, 3.05) is 19.6 Å². The van der Waals surface area contributed by atoms with Crippen LogP contribution in [-0.4, -0.2) is 41.5 Å². The van der Waals surface area contributed by atoms with Gasteiger partial charge in [0.1, 0.15) is 0 Å². The predicted octanol–water partition coefficient (Wildman–Crippen LogP) is 0.429. The minimum absolute atomic E-state index is 0.0560. The molecule has 2 rings (SSSR count). The summed E-state index contributed by atoms with van der Waals surface area (Å²) in [4.78, 5) is 18.3. The van der Waals surface area contributed by atoms with Crippen LogP contribution in [0.1, 0.15) is 24.1 Å².